The molecule has 6 heteroatoms. The SMILES string of the molecule is Cc1ccc(N)c(Oc2ccc(C(F)(F)F)cc2Br)c1. The maximum Gasteiger partial charge on any atom is 0.416 e. The first-order valence-corrected chi connectivity index (χ1v) is 6.47. The maximum atomic E-state index is 12.6. The van der Waals surface area contributed by atoms with Crippen LogP contribution in [-0.2, 0) is 6.18 Å². The molecule has 2 N–H and O–H groups in total. The van der Waals surface area contributed by atoms with Crippen molar-refractivity contribution in [2.45, 2.75) is 13.1 Å². The van der Waals surface area contributed by atoms with E-state index in [1.807, 2.05) is 13.0 Å². The van der Waals surface area contributed by atoms with Crippen molar-refractivity contribution < 1.29 is 17.9 Å². The smallest absolute Gasteiger partial charge is 0.416 e. The second kappa shape index (κ2) is 5.36. The molecule has 0 aliphatic heterocycles. The summed E-state index contributed by atoms with van der Waals surface area (Å²) in [5, 5.41) is 0. The first kappa shape index (κ1) is 14.7. The van der Waals surface area contributed by atoms with Gasteiger partial charge in [0.05, 0.1) is 15.7 Å². The number of rotatable bonds is 2. The van der Waals surface area contributed by atoms with E-state index in [-0.39, 0.29) is 10.2 Å². The minimum absolute atomic E-state index is 0.216. The minimum atomic E-state index is -4.39. The highest BCUT2D eigenvalue weighted by Crippen LogP contribution is 2.37. The Kier molecular flexibility index (Phi) is 3.94. The Labute approximate surface area is 122 Å². The molecule has 0 amide bonds. The topological polar surface area (TPSA) is 35.2 Å². The Bertz CT molecular complexity index is 641. The third-order valence-electron chi connectivity index (χ3n) is 2.65. The fourth-order valence-electron chi connectivity index (χ4n) is 1.61. The number of alkyl halides is 3. The monoisotopic (exact) mass is 345 g/mol. The number of benzene rings is 2. The average molecular weight is 346 g/mol. The first-order chi connectivity index (χ1) is 9.27. The zero-order chi connectivity index (χ0) is 14.9. The van der Waals surface area contributed by atoms with Crippen molar-refractivity contribution in [2.75, 3.05) is 5.73 Å². The van der Waals surface area contributed by atoms with E-state index in [1.165, 1.54) is 6.07 Å². The molecule has 0 heterocycles. The Morgan fingerprint density at radius 2 is 1.75 bits per heavy atom. The van der Waals surface area contributed by atoms with Gasteiger partial charge in [-0.25, -0.2) is 0 Å². The molecular weight excluding hydrogens is 335 g/mol. The number of nitrogens with two attached hydrogens (primary N) is 1. The van der Waals surface area contributed by atoms with E-state index in [0.29, 0.717) is 11.4 Å². The van der Waals surface area contributed by atoms with Crippen molar-refractivity contribution >= 4 is 21.6 Å². The maximum absolute atomic E-state index is 12.6. The summed E-state index contributed by atoms with van der Waals surface area (Å²) in [6.07, 6.45) is -4.39. The number of ether oxygens (including phenoxy) is 1. The zero-order valence-corrected chi connectivity index (χ0v) is 12.0. The highest BCUT2D eigenvalue weighted by atomic mass is 79.9. The number of nitrogen functional groups attached to an aromatic ring is 1. The Morgan fingerprint density at radius 3 is 2.35 bits per heavy atom. The number of aryl methyl sites for hydroxylation is 1. The molecule has 0 aromatic heterocycles. The molecule has 0 unspecified atom stereocenters. The fourth-order valence-corrected chi connectivity index (χ4v) is 2.07. The zero-order valence-electron chi connectivity index (χ0n) is 10.5. The molecule has 0 aliphatic rings. The highest BCUT2D eigenvalue weighted by Gasteiger charge is 2.31. The van der Waals surface area contributed by atoms with E-state index >= 15 is 0 Å². The summed E-state index contributed by atoms with van der Waals surface area (Å²) in [6.45, 7) is 1.87. The van der Waals surface area contributed by atoms with Crippen LogP contribution in [0.3, 0.4) is 0 Å². The van der Waals surface area contributed by atoms with Gasteiger partial charge in [-0.1, -0.05) is 6.07 Å². The van der Waals surface area contributed by atoms with Gasteiger partial charge in [0.2, 0.25) is 0 Å². The van der Waals surface area contributed by atoms with Gasteiger partial charge in [0, 0.05) is 0 Å². The van der Waals surface area contributed by atoms with Gasteiger partial charge in [-0.2, -0.15) is 13.2 Å². The largest absolute Gasteiger partial charge is 0.454 e. The summed E-state index contributed by atoms with van der Waals surface area (Å²) in [6, 6.07) is 8.42. The number of halogens is 4. The first-order valence-electron chi connectivity index (χ1n) is 5.68. The van der Waals surface area contributed by atoms with Gasteiger partial charge in [-0.05, 0) is 58.7 Å². The van der Waals surface area contributed by atoms with Crippen LogP contribution in [0, 0.1) is 6.92 Å². The quantitative estimate of drug-likeness (QED) is 0.763. The Balaban J connectivity index is 2.33. The van der Waals surface area contributed by atoms with Gasteiger partial charge < -0.3 is 10.5 Å². The molecule has 0 fully saturated rings. The molecule has 106 valence electrons. The summed E-state index contributed by atoms with van der Waals surface area (Å²) in [4.78, 5) is 0. The lowest BCUT2D eigenvalue weighted by molar-refractivity contribution is -0.137. The predicted molar refractivity (Wildman–Crippen MR) is 74.8 cm³/mol. The fraction of sp³-hybridized carbons (Fsp3) is 0.143. The van der Waals surface area contributed by atoms with Crippen LogP contribution in [0.25, 0.3) is 0 Å². The van der Waals surface area contributed by atoms with Crippen molar-refractivity contribution in [1.82, 2.24) is 0 Å². The third kappa shape index (κ3) is 3.25. The van der Waals surface area contributed by atoms with Crippen molar-refractivity contribution in [1.29, 1.82) is 0 Å². The van der Waals surface area contributed by atoms with Crippen LogP contribution in [0.5, 0.6) is 11.5 Å². The molecule has 20 heavy (non-hydrogen) atoms. The van der Waals surface area contributed by atoms with Gasteiger partial charge in [0.25, 0.3) is 0 Å². The lowest BCUT2D eigenvalue weighted by atomic mass is 10.2. The second-order valence-electron chi connectivity index (χ2n) is 4.29. The van der Waals surface area contributed by atoms with Crippen molar-refractivity contribution in [2.24, 2.45) is 0 Å². The van der Waals surface area contributed by atoms with Crippen LogP contribution >= 0.6 is 15.9 Å². The molecular formula is C14H11BrF3NO. The molecule has 0 saturated heterocycles. The minimum Gasteiger partial charge on any atom is -0.454 e. The van der Waals surface area contributed by atoms with E-state index in [1.54, 1.807) is 12.1 Å². The third-order valence-corrected chi connectivity index (χ3v) is 3.27. The average Bonchev–Trinajstić information content (AvgIpc) is 2.35. The number of hydrogen-bond donors (Lipinski definition) is 1. The predicted octanol–water partition coefficient (Wildman–Crippen LogP) is 5.15. The van der Waals surface area contributed by atoms with E-state index in [4.69, 9.17) is 10.5 Å². The number of anilines is 1. The molecule has 0 atom stereocenters. The number of hydrogen-bond acceptors (Lipinski definition) is 2. The van der Waals surface area contributed by atoms with E-state index in [9.17, 15) is 13.2 Å². The molecule has 2 aromatic carbocycles. The van der Waals surface area contributed by atoms with Crippen LogP contribution < -0.4 is 10.5 Å². The Morgan fingerprint density at radius 1 is 1.05 bits per heavy atom. The standard InChI is InChI=1S/C14H11BrF3NO/c1-8-2-4-11(19)13(6-8)20-12-5-3-9(7-10(12)15)14(16,17)18/h2-7H,19H2,1H3. The van der Waals surface area contributed by atoms with E-state index in [0.717, 1.165) is 17.7 Å². The van der Waals surface area contributed by atoms with E-state index < -0.39 is 11.7 Å². The van der Waals surface area contributed by atoms with Crippen LogP contribution in [0.15, 0.2) is 40.9 Å². The second-order valence-corrected chi connectivity index (χ2v) is 5.14. The van der Waals surface area contributed by atoms with Crippen LogP contribution in [0.2, 0.25) is 0 Å². The molecule has 0 aliphatic carbocycles. The molecule has 2 aromatic rings. The Hall–Kier alpha value is -1.69. The van der Waals surface area contributed by atoms with Crippen LogP contribution in [0.4, 0.5) is 18.9 Å². The molecule has 2 nitrogen and oxygen atoms in total. The summed E-state index contributed by atoms with van der Waals surface area (Å²) in [7, 11) is 0. The highest BCUT2D eigenvalue weighted by molar-refractivity contribution is 9.10. The molecule has 0 spiro atoms. The summed E-state index contributed by atoms with van der Waals surface area (Å²) < 4.78 is 43.5. The van der Waals surface area contributed by atoms with Crippen molar-refractivity contribution in [3.05, 3.63) is 52.0 Å². The summed E-state index contributed by atoms with van der Waals surface area (Å²) >= 11 is 3.07. The van der Waals surface area contributed by atoms with Gasteiger partial charge in [-0.15, -0.1) is 0 Å². The lowest BCUT2D eigenvalue weighted by Gasteiger charge is -2.13. The van der Waals surface area contributed by atoms with Crippen LogP contribution in [-0.4, -0.2) is 0 Å². The molecule has 0 radical (unpaired) electrons. The lowest BCUT2D eigenvalue weighted by Crippen LogP contribution is -2.04. The van der Waals surface area contributed by atoms with E-state index in [2.05, 4.69) is 15.9 Å². The normalized spacial score (nSPS) is 11.4. The van der Waals surface area contributed by atoms with Gasteiger partial charge in [0.1, 0.15) is 5.75 Å². The van der Waals surface area contributed by atoms with Crippen molar-refractivity contribution in [3.63, 3.8) is 0 Å². The summed E-state index contributed by atoms with van der Waals surface area (Å²) in [5.41, 5.74) is 6.39. The van der Waals surface area contributed by atoms with Gasteiger partial charge in [0.15, 0.2) is 5.75 Å². The summed E-state index contributed by atoms with van der Waals surface area (Å²) in [5.74, 6) is 0.681. The van der Waals surface area contributed by atoms with Gasteiger partial charge >= 0.3 is 6.18 Å². The van der Waals surface area contributed by atoms with Crippen LogP contribution in [0.1, 0.15) is 11.1 Å². The van der Waals surface area contributed by atoms with Gasteiger partial charge in [-0.3, -0.25) is 0 Å². The molecule has 0 bridgehead atoms. The molecule has 0 saturated carbocycles. The molecule has 2 rings (SSSR count). The van der Waals surface area contributed by atoms with Crippen molar-refractivity contribution in [3.8, 4) is 11.5 Å².